The van der Waals surface area contributed by atoms with Gasteiger partial charge in [-0.25, -0.2) is 4.98 Å². The van der Waals surface area contributed by atoms with Gasteiger partial charge in [0.1, 0.15) is 4.83 Å². The van der Waals surface area contributed by atoms with Crippen molar-refractivity contribution in [1.82, 2.24) is 19.8 Å². The van der Waals surface area contributed by atoms with Crippen LogP contribution in [-0.2, 0) is 6.54 Å². The smallest absolute Gasteiger partial charge is 0.264 e. The van der Waals surface area contributed by atoms with Gasteiger partial charge in [0.15, 0.2) is 0 Å². The molecule has 0 saturated carbocycles. The number of aryl methyl sites for hydroxylation is 1. The summed E-state index contributed by atoms with van der Waals surface area (Å²) < 4.78 is 0. The zero-order chi connectivity index (χ0) is 19.0. The predicted molar refractivity (Wildman–Crippen MR) is 108 cm³/mol. The Kier molecular flexibility index (Phi) is 4.99. The molecule has 0 radical (unpaired) electrons. The number of carbonyl (C=O) groups is 1. The van der Waals surface area contributed by atoms with E-state index >= 15 is 0 Å². The van der Waals surface area contributed by atoms with Gasteiger partial charge in [0.05, 0.1) is 16.6 Å². The Morgan fingerprint density at radius 1 is 1.26 bits per heavy atom. The van der Waals surface area contributed by atoms with Gasteiger partial charge in [0, 0.05) is 37.7 Å². The molecule has 2 aromatic heterocycles. The van der Waals surface area contributed by atoms with Crippen LogP contribution in [0.4, 0.5) is 0 Å². The van der Waals surface area contributed by atoms with Gasteiger partial charge < -0.3 is 9.88 Å². The molecule has 0 spiro atoms. The molecule has 0 aliphatic carbocycles. The Hall–Kier alpha value is -2.22. The number of piperazine rings is 1. The van der Waals surface area contributed by atoms with Gasteiger partial charge in [0.2, 0.25) is 0 Å². The zero-order valence-electron chi connectivity index (χ0n) is 14.9. The number of thiophene rings is 1. The summed E-state index contributed by atoms with van der Waals surface area (Å²) in [6.45, 7) is 5.49. The molecule has 0 atom stereocenters. The highest BCUT2D eigenvalue weighted by Gasteiger charge is 2.26. The Balaban J connectivity index is 1.46. The summed E-state index contributed by atoms with van der Waals surface area (Å²) in [6.07, 6.45) is 1.38. The molecule has 0 unspecified atom stereocenters. The number of nitrogens with one attached hydrogen (secondary N) is 1. The third-order valence-corrected chi connectivity index (χ3v) is 6.49. The number of carbonyl (C=O) groups excluding carboxylic acids is 1. The third-order valence-electron chi connectivity index (χ3n) is 4.94. The van der Waals surface area contributed by atoms with Crippen molar-refractivity contribution in [2.45, 2.75) is 13.5 Å². The van der Waals surface area contributed by atoms with Crippen LogP contribution < -0.4 is 5.56 Å². The summed E-state index contributed by atoms with van der Waals surface area (Å²) in [4.78, 5) is 37.1. The number of rotatable bonds is 3. The molecule has 1 amide bonds. The van der Waals surface area contributed by atoms with Crippen LogP contribution in [0.1, 0.15) is 20.8 Å². The molecule has 3 heterocycles. The summed E-state index contributed by atoms with van der Waals surface area (Å²) in [5.74, 6) is -0.0210. The van der Waals surface area contributed by atoms with Crippen molar-refractivity contribution < 1.29 is 4.79 Å². The highest BCUT2D eigenvalue weighted by molar-refractivity contribution is 7.20. The number of hydrogen-bond acceptors (Lipinski definition) is 5. The molecule has 8 heteroatoms. The van der Waals surface area contributed by atoms with Gasteiger partial charge in [-0.05, 0) is 24.1 Å². The maximum Gasteiger partial charge on any atom is 0.264 e. The van der Waals surface area contributed by atoms with E-state index in [1.807, 2.05) is 36.1 Å². The van der Waals surface area contributed by atoms with Crippen LogP contribution in [0.3, 0.4) is 0 Å². The van der Waals surface area contributed by atoms with Gasteiger partial charge >= 0.3 is 0 Å². The van der Waals surface area contributed by atoms with Crippen LogP contribution in [0.2, 0.25) is 5.02 Å². The summed E-state index contributed by atoms with van der Waals surface area (Å²) in [5, 5.41) is 1.29. The van der Waals surface area contributed by atoms with Gasteiger partial charge in [0.25, 0.3) is 11.5 Å². The maximum absolute atomic E-state index is 13.0. The number of amides is 1. The lowest BCUT2D eigenvalue weighted by Crippen LogP contribution is -2.48. The first-order valence-corrected chi connectivity index (χ1v) is 9.96. The first-order valence-electron chi connectivity index (χ1n) is 8.76. The molecule has 140 valence electrons. The third kappa shape index (κ3) is 3.50. The minimum Gasteiger partial charge on any atom is -0.335 e. The molecule has 1 fully saturated rings. The van der Waals surface area contributed by atoms with E-state index in [9.17, 15) is 9.59 Å². The topological polar surface area (TPSA) is 69.3 Å². The lowest BCUT2D eigenvalue weighted by atomic mass is 10.1. The number of halogens is 1. The average molecular weight is 403 g/mol. The molecule has 1 aromatic carbocycles. The number of nitrogens with zero attached hydrogens (tertiary/aromatic N) is 3. The molecule has 3 aromatic rings. The van der Waals surface area contributed by atoms with Gasteiger partial charge in [-0.1, -0.05) is 29.8 Å². The van der Waals surface area contributed by atoms with Crippen molar-refractivity contribution in [2.24, 2.45) is 0 Å². The summed E-state index contributed by atoms with van der Waals surface area (Å²) in [7, 11) is 0. The van der Waals surface area contributed by atoms with Crippen molar-refractivity contribution in [2.75, 3.05) is 26.2 Å². The van der Waals surface area contributed by atoms with E-state index in [0.717, 1.165) is 30.2 Å². The predicted octanol–water partition coefficient (Wildman–Crippen LogP) is 2.90. The Bertz CT molecular complexity index is 1050. The summed E-state index contributed by atoms with van der Waals surface area (Å²) in [5.41, 5.74) is 1.62. The van der Waals surface area contributed by atoms with Crippen LogP contribution in [-0.4, -0.2) is 51.9 Å². The Morgan fingerprint density at radius 3 is 2.70 bits per heavy atom. The number of aromatic amines is 1. The fourth-order valence-electron chi connectivity index (χ4n) is 3.40. The SMILES string of the molecule is Cc1c(C(=O)N2CCN(Cc3ccccc3Cl)CC2)sc2nc[nH]c(=O)c12. The number of benzene rings is 1. The first kappa shape index (κ1) is 18.2. The van der Waals surface area contributed by atoms with Gasteiger partial charge in [-0.15, -0.1) is 11.3 Å². The molecule has 1 aliphatic rings. The average Bonchev–Trinajstić information content (AvgIpc) is 3.01. The zero-order valence-corrected chi connectivity index (χ0v) is 16.4. The number of hydrogen-bond donors (Lipinski definition) is 1. The summed E-state index contributed by atoms with van der Waals surface area (Å²) >= 11 is 7.54. The van der Waals surface area contributed by atoms with Crippen LogP contribution in [0.25, 0.3) is 10.2 Å². The van der Waals surface area contributed by atoms with Crippen molar-refractivity contribution >= 4 is 39.1 Å². The largest absolute Gasteiger partial charge is 0.335 e. The first-order chi connectivity index (χ1) is 13.0. The van der Waals surface area contributed by atoms with Crippen molar-refractivity contribution in [3.05, 3.63) is 62.0 Å². The van der Waals surface area contributed by atoms with E-state index in [0.29, 0.717) is 33.7 Å². The van der Waals surface area contributed by atoms with Crippen LogP contribution >= 0.6 is 22.9 Å². The Labute approximate surface area is 165 Å². The van der Waals surface area contributed by atoms with E-state index < -0.39 is 0 Å². The van der Waals surface area contributed by atoms with Crippen LogP contribution in [0, 0.1) is 6.92 Å². The van der Waals surface area contributed by atoms with Crippen LogP contribution in [0.15, 0.2) is 35.4 Å². The van der Waals surface area contributed by atoms with Crippen molar-refractivity contribution in [3.63, 3.8) is 0 Å². The second-order valence-electron chi connectivity index (χ2n) is 6.63. The van der Waals surface area contributed by atoms with Gasteiger partial charge in [-0.2, -0.15) is 0 Å². The molecule has 0 bridgehead atoms. The highest BCUT2D eigenvalue weighted by Crippen LogP contribution is 2.28. The molecule has 6 nitrogen and oxygen atoms in total. The standard InChI is InChI=1S/C19H19ClN4O2S/c1-12-15-17(25)21-11-22-18(15)27-16(12)19(26)24-8-6-23(7-9-24)10-13-4-2-3-5-14(13)20/h2-5,11H,6-10H2,1H3,(H,21,22,25). The lowest BCUT2D eigenvalue weighted by Gasteiger charge is -2.34. The Morgan fingerprint density at radius 2 is 2.00 bits per heavy atom. The molecule has 27 heavy (non-hydrogen) atoms. The fourth-order valence-corrected chi connectivity index (χ4v) is 4.72. The van der Waals surface area contributed by atoms with E-state index in [1.54, 1.807) is 0 Å². The van der Waals surface area contributed by atoms with Crippen molar-refractivity contribution in [3.8, 4) is 0 Å². The minimum absolute atomic E-state index is 0.0210. The van der Waals surface area contributed by atoms with E-state index in [-0.39, 0.29) is 11.5 Å². The van der Waals surface area contributed by atoms with E-state index in [4.69, 9.17) is 11.6 Å². The van der Waals surface area contributed by atoms with E-state index in [2.05, 4.69) is 14.9 Å². The lowest BCUT2D eigenvalue weighted by molar-refractivity contribution is 0.0632. The number of aromatic nitrogens is 2. The van der Waals surface area contributed by atoms with E-state index in [1.165, 1.54) is 17.7 Å². The number of fused-ring (bicyclic) bond motifs is 1. The van der Waals surface area contributed by atoms with Crippen LogP contribution in [0.5, 0.6) is 0 Å². The number of H-pyrrole nitrogens is 1. The highest BCUT2D eigenvalue weighted by atomic mass is 35.5. The molecule has 4 rings (SSSR count). The normalized spacial score (nSPS) is 15.4. The molecule has 1 saturated heterocycles. The second-order valence-corrected chi connectivity index (χ2v) is 8.03. The fraction of sp³-hybridized carbons (Fsp3) is 0.316. The second kappa shape index (κ2) is 7.42. The van der Waals surface area contributed by atoms with Gasteiger partial charge in [-0.3, -0.25) is 14.5 Å². The monoisotopic (exact) mass is 402 g/mol. The molecule has 1 aliphatic heterocycles. The molecular weight excluding hydrogens is 384 g/mol. The maximum atomic E-state index is 13.0. The molecular formula is C19H19ClN4O2S. The quantitative estimate of drug-likeness (QED) is 0.731. The summed E-state index contributed by atoms with van der Waals surface area (Å²) in [6, 6.07) is 7.85. The minimum atomic E-state index is -0.197. The van der Waals surface area contributed by atoms with Crippen molar-refractivity contribution in [1.29, 1.82) is 0 Å². The molecule has 1 N–H and O–H groups in total.